The van der Waals surface area contributed by atoms with Gasteiger partial charge in [0.2, 0.25) is 0 Å². The molecule has 1 nitrogen and oxygen atoms in total. The molecule has 0 spiro atoms. The zero-order valence-electron chi connectivity index (χ0n) is 11.1. The molecule has 0 aliphatic rings. The van der Waals surface area contributed by atoms with Crippen LogP contribution in [0.1, 0.15) is 26.3 Å². The summed E-state index contributed by atoms with van der Waals surface area (Å²) in [5.41, 5.74) is 0.609. The molecule has 0 saturated heterocycles. The van der Waals surface area contributed by atoms with Crippen molar-refractivity contribution in [1.29, 1.82) is 0 Å². The Morgan fingerprint density at radius 2 is 1.88 bits per heavy atom. The van der Waals surface area contributed by atoms with Crippen molar-refractivity contribution in [3.8, 4) is 0 Å². The summed E-state index contributed by atoms with van der Waals surface area (Å²) in [6.45, 7) is 11.2. The van der Waals surface area contributed by atoms with Crippen LogP contribution in [-0.4, -0.2) is 8.32 Å². The molecule has 0 aliphatic heterocycles. The summed E-state index contributed by atoms with van der Waals surface area (Å²) in [4.78, 5) is 0. The highest BCUT2D eigenvalue weighted by Crippen LogP contribution is 2.37. The van der Waals surface area contributed by atoms with E-state index < -0.39 is 8.32 Å². The summed E-state index contributed by atoms with van der Waals surface area (Å²) in [6.07, 6.45) is 0. The van der Waals surface area contributed by atoms with E-state index in [9.17, 15) is 4.39 Å². The standard InChI is InChI=1S/C13H20BrFOSi/c1-13(2,3)17(4,5)16-9-10-11(14)7-6-8-12(10)15/h6-8H,9H2,1-5H3. The summed E-state index contributed by atoms with van der Waals surface area (Å²) < 4.78 is 20.4. The molecule has 0 atom stereocenters. The number of hydrogen-bond acceptors (Lipinski definition) is 1. The molecule has 1 rings (SSSR count). The first-order valence-corrected chi connectivity index (χ1v) is 9.42. The van der Waals surface area contributed by atoms with Gasteiger partial charge < -0.3 is 4.43 Å². The minimum absolute atomic E-state index is 0.144. The van der Waals surface area contributed by atoms with Gasteiger partial charge in [-0.15, -0.1) is 0 Å². The maximum absolute atomic E-state index is 13.6. The quantitative estimate of drug-likeness (QED) is 0.704. The number of benzene rings is 1. The van der Waals surface area contributed by atoms with Gasteiger partial charge in [-0.25, -0.2) is 4.39 Å². The first-order valence-electron chi connectivity index (χ1n) is 5.72. The molecule has 0 heterocycles. The normalized spacial score (nSPS) is 12.9. The zero-order chi connectivity index (χ0) is 13.3. The van der Waals surface area contributed by atoms with Gasteiger partial charge in [-0.3, -0.25) is 0 Å². The third-order valence-electron chi connectivity index (χ3n) is 3.45. The molecule has 0 fully saturated rings. The van der Waals surface area contributed by atoms with Crippen molar-refractivity contribution < 1.29 is 8.82 Å². The van der Waals surface area contributed by atoms with Gasteiger partial charge in [0.05, 0.1) is 6.61 Å². The summed E-state index contributed by atoms with van der Waals surface area (Å²) in [6, 6.07) is 5.00. The van der Waals surface area contributed by atoms with Crippen molar-refractivity contribution in [1.82, 2.24) is 0 Å². The lowest BCUT2D eigenvalue weighted by Gasteiger charge is -2.36. The van der Waals surface area contributed by atoms with Gasteiger partial charge in [-0.2, -0.15) is 0 Å². The van der Waals surface area contributed by atoms with Crippen LogP contribution in [0.5, 0.6) is 0 Å². The Morgan fingerprint density at radius 1 is 1.29 bits per heavy atom. The highest BCUT2D eigenvalue weighted by Gasteiger charge is 2.37. The Labute approximate surface area is 113 Å². The van der Waals surface area contributed by atoms with E-state index in [4.69, 9.17) is 4.43 Å². The molecule has 0 saturated carbocycles. The monoisotopic (exact) mass is 318 g/mol. The molecule has 0 bridgehead atoms. The van der Waals surface area contributed by atoms with E-state index in [2.05, 4.69) is 49.8 Å². The first-order chi connectivity index (χ1) is 7.65. The van der Waals surface area contributed by atoms with Gasteiger partial charge >= 0.3 is 0 Å². The van der Waals surface area contributed by atoms with Crippen LogP contribution in [0.25, 0.3) is 0 Å². The topological polar surface area (TPSA) is 9.23 Å². The molecule has 0 radical (unpaired) electrons. The number of halogens is 2. The fourth-order valence-electron chi connectivity index (χ4n) is 1.14. The molecule has 0 amide bonds. The van der Waals surface area contributed by atoms with Gasteiger partial charge in [-0.1, -0.05) is 42.8 Å². The van der Waals surface area contributed by atoms with E-state index in [0.29, 0.717) is 12.2 Å². The second-order valence-corrected chi connectivity index (χ2v) is 11.4. The van der Waals surface area contributed by atoms with Crippen molar-refractivity contribution in [2.75, 3.05) is 0 Å². The third kappa shape index (κ3) is 3.63. The highest BCUT2D eigenvalue weighted by molar-refractivity contribution is 9.10. The second kappa shape index (κ2) is 5.20. The van der Waals surface area contributed by atoms with Crippen LogP contribution >= 0.6 is 15.9 Å². The van der Waals surface area contributed by atoms with Crippen molar-refractivity contribution in [2.45, 2.75) is 45.5 Å². The van der Waals surface area contributed by atoms with Crippen molar-refractivity contribution >= 4 is 24.2 Å². The molecular formula is C13H20BrFOSi. The average molecular weight is 319 g/mol. The van der Waals surface area contributed by atoms with Crippen molar-refractivity contribution in [3.63, 3.8) is 0 Å². The summed E-state index contributed by atoms with van der Waals surface area (Å²) >= 11 is 3.36. The zero-order valence-corrected chi connectivity index (χ0v) is 13.7. The minimum atomic E-state index is -1.82. The predicted molar refractivity (Wildman–Crippen MR) is 76.1 cm³/mol. The van der Waals surface area contributed by atoms with Gasteiger partial charge in [-0.05, 0) is 30.3 Å². The average Bonchev–Trinajstić information content (AvgIpc) is 2.15. The lowest BCUT2D eigenvalue weighted by molar-refractivity contribution is 0.270. The van der Waals surface area contributed by atoms with E-state index in [1.807, 2.05) is 6.07 Å². The van der Waals surface area contributed by atoms with E-state index in [1.54, 1.807) is 6.07 Å². The number of rotatable bonds is 3. The first kappa shape index (κ1) is 14.9. The van der Waals surface area contributed by atoms with E-state index >= 15 is 0 Å². The highest BCUT2D eigenvalue weighted by atomic mass is 79.9. The SMILES string of the molecule is CC(C)(C)[Si](C)(C)OCc1c(F)cccc1Br. The maximum Gasteiger partial charge on any atom is 0.192 e. The van der Waals surface area contributed by atoms with Gasteiger partial charge in [0, 0.05) is 10.0 Å². The van der Waals surface area contributed by atoms with Crippen molar-refractivity contribution in [3.05, 3.63) is 34.1 Å². The Balaban J connectivity index is 2.81. The van der Waals surface area contributed by atoms with Crippen molar-refractivity contribution in [2.24, 2.45) is 0 Å². The largest absolute Gasteiger partial charge is 0.412 e. The minimum Gasteiger partial charge on any atom is -0.412 e. The molecule has 4 heteroatoms. The fourth-order valence-corrected chi connectivity index (χ4v) is 2.53. The maximum atomic E-state index is 13.6. The number of hydrogen-bond donors (Lipinski definition) is 0. The van der Waals surface area contributed by atoms with Gasteiger partial charge in [0.15, 0.2) is 8.32 Å². The van der Waals surface area contributed by atoms with Gasteiger partial charge in [0.1, 0.15) is 5.82 Å². The molecule has 0 aromatic heterocycles. The van der Waals surface area contributed by atoms with Crippen LogP contribution in [0.15, 0.2) is 22.7 Å². The summed E-state index contributed by atoms with van der Waals surface area (Å²) in [5, 5.41) is 0.144. The van der Waals surface area contributed by atoms with Gasteiger partial charge in [0.25, 0.3) is 0 Å². The molecule has 17 heavy (non-hydrogen) atoms. The van der Waals surface area contributed by atoms with Crippen LogP contribution in [0.4, 0.5) is 4.39 Å². The lowest BCUT2D eigenvalue weighted by Crippen LogP contribution is -2.40. The van der Waals surface area contributed by atoms with Crippen LogP contribution in [0.3, 0.4) is 0 Å². The molecule has 0 aliphatic carbocycles. The molecule has 96 valence electrons. The van der Waals surface area contributed by atoms with Crippen LogP contribution in [-0.2, 0) is 11.0 Å². The Hall–Kier alpha value is -0.193. The third-order valence-corrected chi connectivity index (χ3v) is 8.67. The van der Waals surface area contributed by atoms with E-state index in [-0.39, 0.29) is 10.9 Å². The lowest BCUT2D eigenvalue weighted by atomic mass is 10.2. The van der Waals surface area contributed by atoms with Crippen LogP contribution in [0.2, 0.25) is 18.1 Å². The van der Waals surface area contributed by atoms with Crippen LogP contribution in [0, 0.1) is 5.82 Å². The molecule has 1 aromatic carbocycles. The predicted octanol–water partition coefficient (Wildman–Crippen LogP) is 5.11. The molecule has 1 aromatic rings. The van der Waals surface area contributed by atoms with Crippen LogP contribution < -0.4 is 0 Å². The van der Waals surface area contributed by atoms with E-state index in [0.717, 1.165) is 4.47 Å². The Kier molecular flexibility index (Phi) is 4.55. The summed E-state index contributed by atoms with van der Waals surface area (Å²) in [7, 11) is -1.82. The molecule has 0 N–H and O–H groups in total. The Bertz CT molecular complexity index is 379. The Morgan fingerprint density at radius 3 is 2.35 bits per heavy atom. The molecule has 0 unspecified atom stereocenters. The summed E-state index contributed by atoms with van der Waals surface area (Å²) in [5.74, 6) is -0.210. The second-order valence-electron chi connectivity index (χ2n) is 5.75. The smallest absolute Gasteiger partial charge is 0.192 e. The van der Waals surface area contributed by atoms with E-state index in [1.165, 1.54) is 6.07 Å². The fraction of sp³-hybridized carbons (Fsp3) is 0.538. The molecular weight excluding hydrogens is 299 g/mol.